The summed E-state index contributed by atoms with van der Waals surface area (Å²) >= 11 is 1.54. The molecule has 1 unspecified atom stereocenters. The second-order valence-electron chi connectivity index (χ2n) is 8.45. The van der Waals surface area contributed by atoms with E-state index in [0.29, 0.717) is 28.9 Å². The predicted molar refractivity (Wildman–Crippen MR) is 128 cm³/mol. The molecule has 2 heterocycles. The first-order valence-corrected chi connectivity index (χ1v) is 12.1. The fourth-order valence-electron chi connectivity index (χ4n) is 4.13. The van der Waals surface area contributed by atoms with Crippen molar-refractivity contribution in [1.82, 2.24) is 9.80 Å². The lowest BCUT2D eigenvalue weighted by Gasteiger charge is -2.38. The number of nitrogens with one attached hydrogen (secondary N) is 1. The van der Waals surface area contributed by atoms with Crippen LogP contribution in [-0.4, -0.2) is 71.5 Å². The van der Waals surface area contributed by atoms with Gasteiger partial charge >= 0.3 is 0 Å². The van der Waals surface area contributed by atoms with Gasteiger partial charge in [-0.15, -0.1) is 11.8 Å². The lowest BCUT2D eigenvalue weighted by Crippen LogP contribution is -2.48. The van der Waals surface area contributed by atoms with E-state index in [1.165, 1.54) is 12.1 Å². The zero-order valence-corrected chi connectivity index (χ0v) is 19.3. The summed E-state index contributed by atoms with van der Waals surface area (Å²) in [4.78, 5) is 32.3. The number of halogens is 1. The third-order valence-electron chi connectivity index (χ3n) is 6.06. The predicted octanol–water partition coefficient (Wildman–Crippen LogP) is 3.51. The summed E-state index contributed by atoms with van der Waals surface area (Å²) in [7, 11) is 0. The molecule has 1 atom stereocenters. The van der Waals surface area contributed by atoms with Crippen molar-refractivity contribution in [3.8, 4) is 0 Å². The van der Waals surface area contributed by atoms with Crippen LogP contribution in [0.3, 0.4) is 0 Å². The molecule has 2 aromatic carbocycles. The number of piperazine rings is 1. The van der Waals surface area contributed by atoms with Crippen molar-refractivity contribution in [3.05, 3.63) is 59.9 Å². The monoisotopic (exact) mass is 456 g/mol. The van der Waals surface area contributed by atoms with Crippen molar-refractivity contribution < 1.29 is 14.0 Å². The molecule has 0 aromatic heterocycles. The number of amides is 2. The molecule has 0 bridgehead atoms. The Morgan fingerprint density at radius 2 is 1.78 bits per heavy atom. The first-order chi connectivity index (χ1) is 15.4. The van der Waals surface area contributed by atoms with E-state index in [1.54, 1.807) is 28.8 Å². The van der Waals surface area contributed by atoms with Crippen LogP contribution in [-0.2, 0) is 4.79 Å². The highest BCUT2D eigenvalue weighted by atomic mass is 32.2. The van der Waals surface area contributed by atoms with Gasteiger partial charge in [0, 0.05) is 54.9 Å². The van der Waals surface area contributed by atoms with Gasteiger partial charge in [0.25, 0.3) is 5.91 Å². The van der Waals surface area contributed by atoms with Crippen LogP contribution in [0, 0.1) is 5.82 Å². The highest BCUT2D eigenvalue weighted by Crippen LogP contribution is 2.26. The largest absolute Gasteiger partial charge is 0.369 e. The van der Waals surface area contributed by atoms with Crippen LogP contribution in [0.2, 0.25) is 0 Å². The Labute approximate surface area is 192 Å². The Morgan fingerprint density at radius 1 is 1.06 bits per heavy atom. The second-order valence-corrected chi connectivity index (χ2v) is 9.45. The van der Waals surface area contributed by atoms with Gasteiger partial charge in [-0.1, -0.05) is 6.07 Å². The van der Waals surface area contributed by atoms with E-state index < -0.39 is 11.9 Å². The topological polar surface area (TPSA) is 55.9 Å². The summed E-state index contributed by atoms with van der Waals surface area (Å²) in [5.41, 5.74) is 2.07. The number of nitrogens with zero attached hydrogens (tertiary/aromatic N) is 3. The van der Waals surface area contributed by atoms with Gasteiger partial charge in [0.1, 0.15) is 11.9 Å². The number of benzene rings is 2. The quantitative estimate of drug-likeness (QED) is 0.746. The SMILES string of the molecule is CC(C)N1CCN(c2ccc(C(=O)N3CSCC3C(=O)Nc3cccc(F)c3)cc2)CC1. The van der Waals surface area contributed by atoms with E-state index >= 15 is 0 Å². The van der Waals surface area contributed by atoms with Crippen molar-refractivity contribution in [1.29, 1.82) is 0 Å². The molecule has 2 fully saturated rings. The molecule has 4 rings (SSSR count). The summed E-state index contributed by atoms with van der Waals surface area (Å²) in [6, 6.07) is 13.4. The van der Waals surface area contributed by atoms with Crippen molar-refractivity contribution >= 4 is 35.0 Å². The smallest absolute Gasteiger partial charge is 0.255 e. The van der Waals surface area contributed by atoms with Gasteiger partial charge in [-0.05, 0) is 56.3 Å². The fraction of sp³-hybridized carbons (Fsp3) is 0.417. The molecule has 6 nitrogen and oxygen atoms in total. The molecule has 0 radical (unpaired) electrons. The van der Waals surface area contributed by atoms with Crippen LogP contribution < -0.4 is 10.2 Å². The lowest BCUT2D eigenvalue weighted by molar-refractivity contribution is -0.119. The summed E-state index contributed by atoms with van der Waals surface area (Å²) in [5.74, 6) is 0.103. The lowest BCUT2D eigenvalue weighted by atomic mass is 10.1. The number of rotatable bonds is 5. The van der Waals surface area contributed by atoms with E-state index in [-0.39, 0.29) is 11.8 Å². The van der Waals surface area contributed by atoms with E-state index in [2.05, 4.69) is 29.0 Å². The van der Waals surface area contributed by atoms with E-state index in [0.717, 1.165) is 31.9 Å². The van der Waals surface area contributed by atoms with Crippen molar-refractivity contribution in [2.75, 3.05) is 48.0 Å². The van der Waals surface area contributed by atoms with Crippen LogP contribution in [0.25, 0.3) is 0 Å². The van der Waals surface area contributed by atoms with Crippen molar-refractivity contribution in [2.24, 2.45) is 0 Å². The Morgan fingerprint density at radius 3 is 2.44 bits per heavy atom. The van der Waals surface area contributed by atoms with Crippen molar-refractivity contribution in [3.63, 3.8) is 0 Å². The maximum atomic E-state index is 13.4. The Balaban J connectivity index is 1.39. The number of thioether (sulfide) groups is 1. The minimum absolute atomic E-state index is 0.162. The zero-order valence-electron chi connectivity index (χ0n) is 18.5. The zero-order chi connectivity index (χ0) is 22.7. The molecule has 0 spiro atoms. The average Bonchev–Trinajstić information content (AvgIpc) is 3.29. The summed E-state index contributed by atoms with van der Waals surface area (Å²) in [6.07, 6.45) is 0. The normalized spacial score (nSPS) is 19.4. The van der Waals surface area contributed by atoms with Crippen LogP contribution in [0.15, 0.2) is 48.5 Å². The molecule has 2 aliphatic rings. The second kappa shape index (κ2) is 9.92. The molecular formula is C24H29FN4O2S. The maximum Gasteiger partial charge on any atom is 0.255 e. The van der Waals surface area contributed by atoms with Gasteiger partial charge in [0.2, 0.25) is 5.91 Å². The first kappa shape index (κ1) is 22.6. The molecule has 0 saturated carbocycles. The Bertz CT molecular complexity index is 961. The third kappa shape index (κ3) is 5.07. The Kier molecular flexibility index (Phi) is 7.01. The molecule has 2 amide bonds. The molecular weight excluding hydrogens is 427 g/mol. The molecule has 8 heteroatoms. The van der Waals surface area contributed by atoms with E-state index in [1.807, 2.05) is 24.3 Å². The van der Waals surface area contributed by atoms with Gasteiger partial charge < -0.3 is 15.1 Å². The van der Waals surface area contributed by atoms with E-state index in [4.69, 9.17) is 0 Å². The Hall–Kier alpha value is -2.58. The molecule has 32 heavy (non-hydrogen) atoms. The first-order valence-electron chi connectivity index (χ1n) is 11.0. The average molecular weight is 457 g/mol. The van der Waals surface area contributed by atoms with Gasteiger partial charge in [-0.25, -0.2) is 4.39 Å². The molecule has 2 saturated heterocycles. The summed E-state index contributed by atoms with van der Waals surface area (Å²) < 4.78 is 13.4. The number of carbonyl (C=O) groups excluding carboxylic acids is 2. The number of anilines is 2. The molecule has 2 aromatic rings. The number of hydrogen-bond donors (Lipinski definition) is 1. The number of hydrogen-bond acceptors (Lipinski definition) is 5. The maximum absolute atomic E-state index is 13.4. The molecule has 0 aliphatic carbocycles. The van der Waals surface area contributed by atoms with Crippen LogP contribution >= 0.6 is 11.8 Å². The minimum atomic E-state index is -0.584. The van der Waals surface area contributed by atoms with Gasteiger partial charge in [0.15, 0.2) is 0 Å². The highest BCUT2D eigenvalue weighted by Gasteiger charge is 2.35. The molecule has 1 N–H and O–H groups in total. The van der Waals surface area contributed by atoms with E-state index in [9.17, 15) is 14.0 Å². The van der Waals surface area contributed by atoms with Crippen LogP contribution in [0.4, 0.5) is 15.8 Å². The van der Waals surface area contributed by atoms with Crippen LogP contribution in [0.1, 0.15) is 24.2 Å². The molecule has 2 aliphatic heterocycles. The standard InChI is InChI=1S/C24H29FN4O2S/c1-17(2)27-10-12-28(13-11-27)21-8-6-18(7-9-21)24(31)29-16-32-15-22(29)23(30)26-20-5-3-4-19(25)14-20/h3-9,14,17,22H,10-13,15-16H2,1-2H3,(H,26,30). The minimum Gasteiger partial charge on any atom is -0.369 e. The number of carbonyl (C=O) groups is 2. The molecule has 170 valence electrons. The van der Waals surface area contributed by atoms with Gasteiger partial charge in [0.05, 0.1) is 5.88 Å². The fourth-order valence-corrected chi connectivity index (χ4v) is 5.28. The van der Waals surface area contributed by atoms with Crippen LogP contribution in [0.5, 0.6) is 0 Å². The van der Waals surface area contributed by atoms with Gasteiger partial charge in [-0.2, -0.15) is 0 Å². The third-order valence-corrected chi connectivity index (χ3v) is 7.07. The van der Waals surface area contributed by atoms with Gasteiger partial charge in [-0.3, -0.25) is 14.5 Å². The highest BCUT2D eigenvalue weighted by molar-refractivity contribution is 7.99. The summed E-state index contributed by atoms with van der Waals surface area (Å²) in [5, 5.41) is 2.73. The summed E-state index contributed by atoms with van der Waals surface area (Å²) in [6.45, 7) is 8.45. The van der Waals surface area contributed by atoms with Crippen molar-refractivity contribution in [2.45, 2.75) is 25.9 Å².